The van der Waals surface area contributed by atoms with Crippen LogP contribution in [0.25, 0.3) is 0 Å². The SMILES string of the molecule is O=C(O)c1ccccc1OC1CCCc2ccccc21. The van der Waals surface area contributed by atoms with E-state index in [0.717, 1.165) is 19.3 Å². The summed E-state index contributed by atoms with van der Waals surface area (Å²) in [6.07, 6.45) is 3.00. The van der Waals surface area contributed by atoms with Gasteiger partial charge >= 0.3 is 5.97 Å². The third-order valence-electron chi connectivity index (χ3n) is 3.70. The fourth-order valence-corrected chi connectivity index (χ4v) is 2.73. The van der Waals surface area contributed by atoms with E-state index in [9.17, 15) is 9.90 Å². The van der Waals surface area contributed by atoms with Crippen molar-refractivity contribution in [2.75, 3.05) is 0 Å². The Kier molecular flexibility index (Phi) is 3.42. The number of ether oxygens (including phenoxy) is 1. The van der Waals surface area contributed by atoms with Crippen LogP contribution >= 0.6 is 0 Å². The molecule has 1 N–H and O–H groups in total. The molecule has 1 aliphatic carbocycles. The van der Waals surface area contributed by atoms with Crippen molar-refractivity contribution in [1.82, 2.24) is 0 Å². The standard InChI is InChI=1S/C17H16O3/c18-17(19)14-9-3-4-10-16(14)20-15-11-5-7-12-6-1-2-8-13(12)15/h1-4,6,8-10,15H,5,7,11H2,(H,18,19). The molecule has 0 amide bonds. The second-order valence-corrected chi connectivity index (χ2v) is 5.00. The molecule has 0 aromatic heterocycles. The molecule has 102 valence electrons. The number of carboxylic acid groups (broad SMARTS) is 1. The van der Waals surface area contributed by atoms with Crippen molar-refractivity contribution in [1.29, 1.82) is 0 Å². The van der Waals surface area contributed by atoms with Gasteiger partial charge in [0.2, 0.25) is 0 Å². The number of carbonyl (C=O) groups is 1. The minimum atomic E-state index is -0.954. The minimum Gasteiger partial charge on any atom is -0.485 e. The van der Waals surface area contributed by atoms with Crippen LogP contribution in [-0.4, -0.2) is 11.1 Å². The molecule has 2 aromatic rings. The van der Waals surface area contributed by atoms with Crippen LogP contribution in [0.3, 0.4) is 0 Å². The quantitative estimate of drug-likeness (QED) is 0.920. The molecule has 1 aliphatic rings. The van der Waals surface area contributed by atoms with Crippen molar-refractivity contribution in [3.63, 3.8) is 0 Å². The predicted octanol–water partition coefficient (Wildman–Crippen LogP) is 3.84. The molecule has 3 rings (SSSR count). The maximum atomic E-state index is 11.2. The normalized spacial score (nSPS) is 17.3. The van der Waals surface area contributed by atoms with Gasteiger partial charge < -0.3 is 9.84 Å². The van der Waals surface area contributed by atoms with Crippen molar-refractivity contribution in [3.05, 3.63) is 65.2 Å². The van der Waals surface area contributed by atoms with Crippen molar-refractivity contribution in [2.24, 2.45) is 0 Å². The Morgan fingerprint density at radius 3 is 2.70 bits per heavy atom. The first kappa shape index (κ1) is 12.7. The molecule has 0 heterocycles. The summed E-state index contributed by atoms with van der Waals surface area (Å²) in [5.41, 5.74) is 2.70. The third-order valence-corrected chi connectivity index (χ3v) is 3.70. The molecule has 0 bridgehead atoms. The number of aryl methyl sites for hydroxylation is 1. The molecule has 0 saturated heterocycles. The lowest BCUT2D eigenvalue weighted by atomic mass is 9.89. The molecule has 2 aromatic carbocycles. The Hall–Kier alpha value is -2.29. The van der Waals surface area contributed by atoms with E-state index in [1.807, 2.05) is 12.1 Å². The zero-order valence-electron chi connectivity index (χ0n) is 11.1. The number of fused-ring (bicyclic) bond motifs is 1. The highest BCUT2D eigenvalue weighted by Gasteiger charge is 2.23. The summed E-state index contributed by atoms with van der Waals surface area (Å²) >= 11 is 0. The minimum absolute atomic E-state index is 0.0551. The molecule has 1 atom stereocenters. The summed E-state index contributed by atoms with van der Waals surface area (Å²) in [6, 6.07) is 15.0. The number of benzene rings is 2. The van der Waals surface area contributed by atoms with Gasteiger partial charge in [0.15, 0.2) is 0 Å². The van der Waals surface area contributed by atoms with Gasteiger partial charge in [-0.15, -0.1) is 0 Å². The van der Waals surface area contributed by atoms with E-state index >= 15 is 0 Å². The Morgan fingerprint density at radius 2 is 1.85 bits per heavy atom. The Morgan fingerprint density at radius 1 is 1.10 bits per heavy atom. The fraction of sp³-hybridized carbons (Fsp3) is 0.235. The summed E-state index contributed by atoms with van der Waals surface area (Å²) in [7, 11) is 0. The van der Waals surface area contributed by atoms with E-state index in [2.05, 4.69) is 12.1 Å². The first-order valence-corrected chi connectivity index (χ1v) is 6.82. The number of para-hydroxylation sites is 1. The van der Waals surface area contributed by atoms with E-state index in [-0.39, 0.29) is 11.7 Å². The van der Waals surface area contributed by atoms with Gasteiger partial charge in [0.1, 0.15) is 17.4 Å². The highest BCUT2D eigenvalue weighted by Crippen LogP contribution is 2.34. The molecule has 0 spiro atoms. The highest BCUT2D eigenvalue weighted by atomic mass is 16.5. The maximum absolute atomic E-state index is 11.2. The Balaban J connectivity index is 1.92. The smallest absolute Gasteiger partial charge is 0.339 e. The van der Waals surface area contributed by atoms with Gasteiger partial charge in [-0.1, -0.05) is 36.4 Å². The number of aromatic carboxylic acids is 1. The van der Waals surface area contributed by atoms with Crippen LogP contribution in [0.1, 0.15) is 40.4 Å². The molecule has 0 fully saturated rings. The third kappa shape index (κ3) is 2.39. The highest BCUT2D eigenvalue weighted by molar-refractivity contribution is 5.90. The molecular formula is C17H16O3. The average Bonchev–Trinajstić information content (AvgIpc) is 2.48. The predicted molar refractivity (Wildman–Crippen MR) is 76.2 cm³/mol. The van der Waals surface area contributed by atoms with Crippen LogP contribution in [0, 0.1) is 0 Å². The monoisotopic (exact) mass is 268 g/mol. The molecule has 20 heavy (non-hydrogen) atoms. The fourth-order valence-electron chi connectivity index (χ4n) is 2.73. The topological polar surface area (TPSA) is 46.5 Å². The van der Waals surface area contributed by atoms with Gasteiger partial charge in [0.25, 0.3) is 0 Å². The van der Waals surface area contributed by atoms with E-state index in [4.69, 9.17) is 4.74 Å². The number of rotatable bonds is 3. The van der Waals surface area contributed by atoms with Crippen LogP contribution in [0.2, 0.25) is 0 Å². The second kappa shape index (κ2) is 5.37. The lowest BCUT2D eigenvalue weighted by Crippen LogP contribution is -2.16. The van der Waals surface area contributed by atoms with E-state index in [1.54, 1.807) is 24.3 Å². The van der Waals surface area contributed by atoms with Crippen LogP contribution in [0.4, 0.5) is 0 Å². The summed E-state index contributed by atoms with van der Waals surface area (Å²) in [5.74, 6) is -0.508. The van der Waals surface area contributed by atoms with Crippen LogP contribution in [-0.2, 0) is 6.42 Å². The van der Waals surface area contributed by atoms with E-state index < -0.39 is 5.97 Å². The molecule has 0 saturated carbocycles. The second-order valence-electron chi connectivity index (χ2n) is 5.00. The van der Waals surface area contributed by atoms with E-state index in [1.165, 1.54) is 11.1 Å². The molecule has 3 nitrogen and oxygen atoms in total. The van der Waals surface area contributed by atoms with Gasteiger partial charge in [-0.05, 0) is 42.5 Å². The number of hydrogen-bond donors (Lipinski definition) is 1. The van der Waals surface area contributed by atoms with Crippen molar-refractivity contribution in [3.8, 4) is 5.75 Å². The molecule has 3 heteroatoms. The van der Waals surface area contributed by atoms with Crippen molar-refractivity contribution >= 4 is 5.97 Å². The van der Waals surface area contributed by atoms with Crippen LogP contribution < -0.4 is 4.74 Å². The Bertz CT molecular complexity index is 634. The van der Waals surface area contributed by atoms with Gasteiger partial charge in [0, 0.05) is 0 Å². The first-order chi connectivity index (χ1) is 9.75. The summed E-state index contributed by atoms with van der Waals surface area (Å²) in [5, 5.41) is 9.21. The molecule has 1 unspecified atom stereocenters. The summed E-state index contributed by atoms with van der Waals surface area (Å²) in [6.45, 7) is 0. The van der Waals surface area contributed by atoms with Crippen LogP contribution in [0.5, 0.6) is 5.75 Å². The largest absolute Gasteiger partial charge is 0.485 e. The first-order valence-electron chi connectivity index (χ1n) is 6.82. The van der Waals surface area contributed by atoms with Crippen molar-refractivity contribution in [2.45, 2.75) is 25.4 Å². The van der Waals surface area contributed by atoms with Gasteiger partial charge in [0.05, 0.1) is 0 Å². The van der Waals surface area contributed by atoms with Gasteiger partial charge in [-0.3, -0.25) is 0 Å². The van der Waals surface area contributed by atoms with Gasteiger partial charge in [-0.25, -0.2) is 4.79 Å². The molecular weight excluding hydrogens is 252 g/mol. The zero-order chi connectivity index (χ0) is 13.9. The van der Waals surface area contributed by atoms with Crippen LogP contribution in [0.15, 0.2) is 48.5 Å². The molecule has 0 aliphatic heterocycles. The zero-order valence-corrected chi connectivity index (χ0v) is 11.1. The molecule has 0 radical (unpaired) electrons. The average molecular weight is 268 g/mol. The lowest BCUT2D eigenvalue weighted by Gasteiger charge is -2.26. The van der Waals surface area contributed by atoms with E-state index in [0.29, 0.717) is 5.75 Å². The van der Waals surface area contributed by atoms with Crippen molar-refractivity contribution < 1.29 is 14.6 Å². The Labute approximate surface area is 117 Å². The summed E-state index contributed by atoms with van der Waals surface area (Å²) in [4.78, 5) is 11.2. The number of hydrogen-bond acceptors (Lipinski definition) is 2. The number of carboxylic acids is 1. The lowest BCUT2D eigenvalue weighted by molar-refractivity contribution is 0.0688. The maximum Gasteiger partial charge on any atom is 0.339 e. The van der Waals surface area contributed by atoms with Gasteiger partial charge in [-0.2, -0.15) is 0 Å². The summed E-state index contributed by atoms with van der Waals surface area (Å²) < 4.78 is 5.99.